The first-order valence-electron chi connectivity index (χ1n) is 3.60. The Hall–Kier alpha value is -0.570. The summed E-state index contributed by atoms with van der Waals surface area (Å²) < 4.78 is 0. The van der Waals surface area contributed by atoms with Crippen molar-refractivity contribution in [3.05, 3.63) is 0 Å². The second kappa shape index (κ2) is 5.22. The normalized spacial score (nSPS) is 22.9. The first-order chi connectivity index (χ1) is 5.91. The van der Waals surface area contributed by atoms with Gasteiger partial charge in [0.05, 0.1) is 6.04 Å². The summed E-state index contributed by atoms with van der Waals surface area (Å²) in [6.45, 7) is 0. The summed E-state index contributed by atoms with van der Waals surface area (Å²) in [5.74, 6) is 0. The maximum atomic E-state index is 10.1. The number of hydrogen-bond donors (Lipinski definition) is 6. The third-order valence-corrected chi connectivity index (χ3v) is 1.60. The smallest absolute Gasteiger partial charge is 0.139 e. The molecule has 0 saturated heterocycles. The molecule has 0 amide bonds. The highest BCUT2D eigenvalue weighted by molar-refractivity contribution is 5.58. The third-order valence-electron chi connectivity index (χ3n) is 1.60. The van der Waals surface area contributed by atoms with Crippen molar-refractivity contribution in [3.63, 3.8) is 0 Å². The van der Waals surface area contributed by atoms with E-state index >= 15 is 0 Å². The van der Waals surface area contributed by atoms with Gasteiger partial charge >= 0.3 is 0 Å². The molecule has 0 aromatic carbocycles. The maximum Gasteiger partial charge on any atom is 0.139 e. The fraction of sp³-hybridized carbons (Fsp3) is 0.833. The average molecular weight is 194 g/mol. The molecule has 0 heterocycles. The Bertz CT molecular complexity index is 165. The topological polar surface area (TPSA) is 150 Å². The van der Waals surface area contributed by atoms with Crippen molar-refractivity contribution >= 4 is 6.29 Å². The summed E-state index contributed by atoms with van der Waals surface area (Å²) in [6, 6.07) is -1.33. The van der Waals surface area contributed by atoms with Crippen LogP contribution in [0.5, 0.6) is 0 Å². The van der Waals surface area contributed by atoms with Crippen molar-refractivity contribution in [2.45, 2.75) is 30.6 Å². The van der Waals surface area contributed by atoms with Crippen LogP contribution in [0.15, 0.2) is 0 Å². The lowest BCUT2D eigenvalue weighted by Crippen LogP contribution is -2.54. The Labute approximate surface area is 74.6 Å². The molecule has 0 spiro atoms. The Morgan fingerprint density at radius 3 is 1.69 bits per heavy atom. The Kier molecular flexibility index (Phi) is 4.99. The van der Waals surface area contributed by atoms with Gasteiger partial charge in [-0.2, -0.15) is 0 Å². The van der Waals surface area contributed by atoms with Gasteiger partial charge in [-0.05, 0) is 0 Å². The third kappa shape index (κ3) is 3.35. The van der Waals surface area contributed by atoms with Gasteiger partial charge < -0.3 is 36.7 Å². The highest BCUT2D eigenvalue weighted by Crippen LogP contribution is 2.03. The van der Waals surface area contributed by atoms with Crippen LogP contribution >= 0.6 is 0 Å². The predicted octanol–water partition coefficient (Wildman–Crippen LogP) is -4.13. The van der Waals surface area contributed by atoms with Gasteiger partial charge in [0.25, 0.3) is 0 Å². The van der Waals surface area contributed by atoms with Crippen LogP contribution in [0.3, 0.4) is 0 Å². The lowest BCUT2D eigenvalue weighted by molar-refractivity contribution is -0.124. The highest BCUT2D eigenvalue weighted by atomic mass is 16.4. The molecule has 0 aromatic heterocycles. The molecule has 0 fully saturated rings. The lowest BCUT2D eigenvalue weighted by atomic mass is 10.0. The number of rotatable bonds is 5. The van der Waals surface area contributed by atoms with Crippen molar-refractivity contribution in [2.24, 2.45) is 11.5 Å². The van der Waals surface area contributed by atoms with Crippen LogP contribution in [0.2, 0.25) is 0 Å². The monoisotopic (exact) mass is 194 g/mol. The van der Waals surface area contributed by atoms with Crippen LogP contribution in [-0.4, -0.2) is 57.3 Å². The first kappa shape index (κ1) is 12.4. The quantitative estimate of drug-likeness (QED) is 0.192. The minimum Gasteiger partial charge on any atom is -0.388 e. The molecule has 0 radical (unpaired) electrons. The molecule has 0 aromatic rings. The highest BCUT2D eigenvalue weighted by Gasteiger charge is 2.31. The summed E-state index contributed by atoms with van der Waals surface area (Å²) in [7, 11) is 0. The zero-order chi connectivity index (χ0) is 10.6. The van der Waals surface area contributed by atoms with E-state index in [-0.39, 0.29) is 6.29 Å². The number of aliphatic hydroxyl groups excluding tert-OH is 4. The number of aldehydes is 1. The molecule has 1 unspecified atom stereocenters. The summed E-state index contributed by atoms with van der Waals surface area (Å²) in [6.07, 6.45) is -6.67. The van der Waals surface area contributed by atoms with Gasteiger partial charge in [0.2, 0.25) is 0 Å². The average Bonchev–Trinajstić information content (AvgIpc) is 2.12. The molecule has 0 saturated carbocycles. The standard InChI is InChI=1S/C6H14N2O5/c7-2(1-9)3(10)4(11)5(12)6(8)13/h1-6,10-13H,7-8H2/t2-,3+,4-,5-,6?/m0/s1. The van der Waals surface area contributed by atoms with Crippen LogP contribution in [-0.2, 0) is 4.79 Å². The molecule has 5 atom stereocenters. The van der Waals surface area contributed by atoms with Crippen molar-refractivity contribution in [3.8, 4) is 0 Å². The van der Waals surface area contributed by atoms with Crippen LogP contribution in [0.25, 0.3) is 0 Å². The van der Waals surface area contributed by atoms with Crippen molar-refractivity contribution in [1.82, 2.24) is 0 Å². The van der Waals surface area contributed by atoms with E-state index in [0.717, 1.165) is 0 Å². The van der Waals surface area contributed by atoms with E-state index in [0.29, 0.717) is 0 Å². The van der Waals surface area contributed by atoms with E-state index in [1.807, 2.05) is 0 Å². The molecule has 0 rings (SSSR count). The van der Waals surface area contributed by atoms with Gasteiger partial charge in [-0.25, -0.2) is 0 Å². The number of nitrogens with two attached hydrogens (primary N) is 2. The van der Waals surface area contributed by atoms with Gasteiger partial charge in [-0.15, -0.1) is 0 Å². The molecule has 7 heteroatoms. The summed E-state index contributed by atoms with van der Waals surface area (Å²) in [5.41, 5.74) is 9.87. The molecule has 0 aliphatic carbocycles. The maximum absolute atomic E-state index is 10.1. The van der Waals surface area contributed by atoms with Crippen LogP contribution in [0, 0.1) is 0 Å². The van der Waals surface area contributed by atoms with Crippen LogP contribution < -0.4 is 11.5 Å². The molecule has 0 aliphatic heterocycles. The molecule has 0 bridgehead atoms. The molecular weight excluding hydrogens is 180 g/mol. The van der Waals surface area contributed by atoms with E-state index in [2.05, 4.69) is 0 Å². The van der Waals surface area contributed by atoms with E-state index in [9.17, 15) is 4.79 Å². The van der Waals surface area contributed by atoms with E-state index < -0.39 is 30.6 Å². The van der Waals surface area contributed by atoms with Gasteiger partial charge in [0.15, 0.2) is 0 Å². The van der Waals surface area contributed by atoms with E-state index in [1.54, 1.807) is 0 Å². The second-order valence-corrected chi connectivity index (χ2v) is 2.68. The molecule has 7 nitrogen and oxygen atoms in total. The molecule has 78 valence electrons. The zero-order valence-electron chi connectivity index (χ0n) is 6.82. The van der Waals surface area contributed by atoms with Gasteiger partial charge in [0.1, 0.15) is 30.8 Å². The fourth-order valence-corrected chi connectivity index (χ4v) is 0.712. The zero-order valence-corrected chi connectivity index (χ0v) is 6.82. The van der Waals surface area contributed by atoms with Crippen molar-refractivity contribution in [1.29, 1.82) is 0 Å². The van der Waals surface area contributed by atoms with Gasteiger partial charge in [-0.3, -0.25) is 0 Å². The fourth-order valence-electron chi connectivity index (χ4n) is 0.712. The summed E-state index contributed by atoms with van der Waals surface area (Å²) in [5, 5.41) is 35.7. The Morgan fingerprint density at radius 1 is 0.923 bits per heavy atom. The Balaban J connectivity index is 4.23. The lowest BCUT2D eigenvalue weighted by Gasteiger charge is -2.25. The van der Waals surface area contributed by atoms with Crippen molar-refractivity contribution in [2.75, 3.05) is 0 Å². The van der Waals surface area contributed by atoms with E-state index in [4.69, 9.17) is 31.9 Å². The van der Waals surface area contributed by atoms with Crippen molar-refractivity contribution < 1.29 is 25.2 Å². The van der Waals surface area contributed by atoms with Crippen LogP contribution in [0.4, 0.5) is 0 Å². The molecule has 0 aliphatic rings. The molecule has 13 heavy (non-hydrogen) atoms. The SMILES string of the molecule is NC(O)[C@@H](O)[C@@H](O)[C@H](O)[C@@H](N)C=O. The Morgan fingerprint density at radius 2 is 1.38 bits per heavy atom. The number of carbonyl (C=O) groups excluding carboxylic acids is 1. The number of carbonyl (C=O) groups is 1. The second-order valence-electron chi connectivity index (χ2n) is 2.68. The molecular formula is C6H14N2O5. The summed E-state index contributed by atoms with van der Waals surface area (Å²) >= 11 is 0. The summed E-state index contributed by atoms with van der Waals surface area (Å²) in [4.78, 5) is 10.1. The number of hydrogen-bond acceptors (Lipinski definition) is 7. The molecule has 8 N–H and O–H groups in total. The van der Waals surface area contributed by atoms with Crippen LogP contribution in [0.1, 0.15) is 0 Å². The minimum atomic E-state index is -1.76. The predicted molar refractivity (Wildman–Crippen MR) is 42.3 cm³/mol. The van der Waals surface area contributed by atoms with Gasteiger partial charge in [-0.1, -0.05) is 0 Å². The largest absolute Gasteiger partial charge is 0.388 e. The minimum absolute atomic E-state index is 0.212. The van der Waals surface area contributed by atoms with E-state index in [1.165, 1.54) is 0 Å². The first-order valence-corrected chi connectivity index (χ1v) is 3.60. The van der Waals surface area contributed by atoms with Gasteiger partial charge in [0, 0.05) is 0 Å². The number of aliphatic hydroxyl groups is 4.